The summed E-state index contributed by atoms with van der Waals surface area (Å²) in [5.41, 5.74) is -0.424. The van der Waals surface area contributed by atoms with Crippen LogP contribution in [0.15, 0.2) is 29.1 Å². The zero-order valence-corrected chi connectivity index (χ0v) is 13.1. The molecule has 2 N–H and O–H groups in total. The van der Waals surface area contributed by atoms with Crippen molar-refractivity contribution in [2.75, 3.05) is 19.7 Å². The van der Waals surface area contributed by atoms with E-state index in [1.54, 1.807) is 23.1 Å². The number of H-pyrrole nitrogens is 2. The van der Waals surface area contributed by atoms with Gasteiger partial charge in [-0.1, -0.05) is 12.1 Å². The smallest absolute Gasteiger partial charge is 0.340 e. The molecular formula is C16H19FN4O3. The van der Waals surface area contributed by atoms with Crippen LogP contribution in [0.3, 0.4) is 0 Å². The van der Waals surface area contributed by atoms with Gasteiger partial charge in [-0.2, -0.15) is 5.10 Å². The number of nitrogens with one attached hydrogen (secondary N) is 2. The van der Waals surface area contributed by atoms with E-state index in [4.69, 9.17) is 4.74 Å². The van der Waals surface area contributed by atoms with Gasteiger partial charge in [-0.05, 0) is 25.0 Å². The SMILES string of the molecule is O=C(Cc1n[nH]c(=O)[nH]1)N1CCCC(COc2ccccc2F)C1. The molecule has 0 radical (unpaired) electrons. The Morgan fingerprint density at radius 2 is 2.25 bits per heavy atom. The van der Waals surface area contributed by atoms with E-state index in [1.165, 1.54) is 6.07 Å². The number of hydrogen-bond acceptors (Lipinski definition) is 4. The van der Waals surface area contributed by atoms with Crippen molar-refractivity contribution in [1.82, 2.24) is 20.1 Å². The minimum Gasteiger partial charge on any atom is -0.490 e. The topological polar surface area (TPSA) is 91.1 Å². The highest BCUT2D eigenvalue weighted by molar-refractivity contribution is 5.78. The van der Waals surface area contributed by atoms with E-state index in [0.29, 0.717) is 25.5 Å². The quantitative estimate of drug-likeness (QED) is 0.856. The second-order valence-electron chi connectivity index (χ2n) is 5.89. The Morgan fingerprint density at radius 1 is 1.42 bits per heavy atom. The van der Waals surface area contributed by atoms with E-state index in [9.17, 15) is 14.0 Å². The summed E-state index contributed by atoms with van der Waals surface area (Å²) in [6.45, 7) is 1.59. The van der Waals surface area contributed by atoms with Gasteiger partial charge in [0.25, 0.3) is 0 Å². The van der Waals surface area contributed by atoms with Crippen LogP contribution in [0, 0.1) is 11.7 Å². The molecule has 0 saturated carbocycles. The van der Waals surface area contributed by atoms with Gasteiger partial charge < -0.3 is 9.64 Å². The van der Waals surface area contributed by atoms with E-state index in [1.807, 2.05) is 0 Å². The van der Waals surface area contributed by atoms with Crippen molar-refractivity contribution in [1.29, 1.82) is 0 Å². The molecule has 1 aromatic heterocycles. The van der Waals surface area contributed by atoms with Crippen molar-refractivity contribution >= 4 is 5.91 Å². The molecule has 128 valence electrons. The maximum Gasteiger partial charge on any atom is 0.340 e. The zero-order valence-electron chi connectivity index (χ0n) is 13.1. The average molecular weight is 334 g/mol. The van der Waals surface area contributed by atoms with E-state index >= 15 is 0 Å². The molecule has 3 rings (SSSR count). The van der Waals surface area contributed by atoms with Crippen molar-refractivity contribution in [2.45, 2.75) is 19.3 Å². The molecule has 1 unspecified atom stereocenters. The van der Waals surface area contributed by atoms with E-state index < -0.39 is 5.69 Å². The lowest BCUT2D eigenvalue weighted by atomic mass is 9.98. The van der Waals surface area contributed by atoms with Gasteiger partial charge in [0.05, 0.1) is 13.0 Å². The number of aromatic amines is 2. The van der Waals surface area contributed by atoms with Crippen LogP contribution in [0.4, 0.5) is 4.39 Å². The average Bonchev–Trinajstić information content (AvgIpc) is 2.99. The Balaban J connectivity index is 1.53. The Morgan fingerprint density at radius 3 is 3.00 bits per heavy atom. The number of amides is 1. The van der Waals surface area contributed by atoms with Gasteiger partial charge >= 0.3 is 5.69 Å². The van der Waals surface area contributed by atoms with Gasteiger partial charge in [0.1, 0.15) is 5.82 Å². The molecule has 2 aromatic rings. The number of benzene rings is 1. The minimum absolute atomic E-state index is 0.0552. The second kappa shape index (κ2) is 7.29. The van der Waals surface area contributed by atoms with Crippen molar-refractivity contribution in [2.24, 2.45) is 5.92 Å². The van der Waals surface area contributed by atoms with Crippen LogP contribution in [-0.4, -0.2) is 45.7 Å². The van der Waals surface area contributed by atoms with Gasteiger partial charge in [0.15, 0.2) is 11.6 Å². The largest absolute Gasteiger partial charge is 0.490 e. The highest BCUT2D eigenvalue weighted by Crippen LogP contribution is 2.21. The van der Waals surface area contributed by atoms with Gasteiger partial charge in [0, 0.05) is 19.0 Å². The molecule has 2 heterocycles. The van der Waals surface area contributed by atoms with Crippen molar-refractivity contribution in [3.05, 3.63) is 46.4 Å². The Bertz CT molecular complexity index is 758. The highest BCUT2D eigenvalue weighted by Gasteiger charge is 2.25. The second-order valence-corrected chi connectivity index (χ2v) is 5.89. The summed E-state index contributed by atoms with van der Waals surface area (Å²) in [7, 11) is 0. The number of nitrogens with zero attached hydrogens (tertiary/aromatic N) is 2. The number of aromatic nitrogens is 3. The van der Waals surface area contributed by atoms with Crippen LogP contribution in [0.1, 0.15) is 18.7 Å². The van der Waals surface area contributed by atoms with Crippen LogP contribution in [0.25, 0.3) is 0 Å². The molecule has 24 heavy (non-hydrogen) atoms. The zero-order chi connectivity index (χ0) is 16.9. The molecule has 1 atom stereocenters. The van der Waals surface area contributed by atoms with Crippen LogP contribution in [0.5, 0.6) is 5.75 Å². The fraction of sp³-hybridized carbons (Fsp3) is 0.438. The predicted octanol–water partition coefficient (Wildman–Crippen LogP) is 1.10. The van der Waals surface area contributed by atoms with E-state index in [2.05, 4.69) is 15.2 Å². The first-order valence-electron chi connectivity index (χ1n) is 7.90. The van der Waals surface area contributed by atoms with Crippen LogP contribution in [-0.2, 0) is 11.2 Å². The number of carbonyl (C=O) groups is 1. The summed E-state index contributed by atoms with van der Waals surface area (Å²) < 4.78 is 19.1. The van der Waals surface area contributed by atoms with Gasteiger partial charge in [0.2, 0.25) is 5.91 Å². The molecule has 1 saturated heterocycles. The lowest BCUT2D eigenvalue weighted by Gasteiger charge is -2.32. The standard InChI is InChI=1S/C16H19FN4O3/c17-12-5-1-2-6-13(12)24-10-11-4-3-7-21(9-11)15(22)8-14-18-16(23)20-19-14/h1-2,5-6,11H,3-4,7-10H2,(H2,18,19,20,23). The lowest BCUT2D eigenvalue weighted by molar-refractivity contribution is -0.132. The fourth-order valence-corrected chi connectivity index (χ4v) is 2.84. The summed E-state index contributed by atoms with van der Waals surface area (Å²) in [6.07, 6.45) is 1.85. The first-order valence-corrected chi connectivity index (χ1v) is 7.90. The normalized spacial score (nSPS) is 17.7. The molecule has 0 spiro atoms. The fourth-order valence-electron chi connectivity index (χ4n) is 2.84. The van der Waals surface area contributed by atoms with Crippen molar-refractivity contribution in [3.8, 4) is 5.75 Å². The minimum atomic E-state index is -0.424. The maximum absolute atomic E-state index is 13.6. The van der Waals surface area contributed by atoms with Gasteiger partial charge in [-0.15, -0.1) is 0 Å². The highest BCUT2D eigenvalue weighted by atomic mass is 19.1. The maximum atomic E-state index is 13.6. The van der Waals surface area contributed by atoms with Crippen LogP contribution in [0.2, 0.25) is 0 Å². The number of hydrogen-bond donors (Lipinski definition) is 2. The van der Waals surface area contributed by atoms with E-state index in [-0.39, 0.29) is 29.8 Å². The molecule has 8 heteroatoms. The Kier molecular flexibility index (Phi) is 4.93. The number of carbonyl (C=O) groups excluding carboxylic acids is 1. The predicted molar refractivity (Wildman–Crippen MR) is 84.1 cm³/mol. The third-order valence-corrected chi connectivity index (χ3v) is 4.05. The summed E-state index contributed by atoms with van der Waals surface area (Å²) >= 11 is 0. The molecule has 1 amide bonds. The molecule has 1 aliphatic rings. The third-order valence-electron chi connectivity index (χ3n) is 4.05. The van der Waals surface area contributed by atoms with Gasteiger partial charge in [-0.3, -0.25) is 9.78 Å². The summed E-state index contributed by atoms with van der Waals surface area (Å²) in [5.74, 6) is 0.238. The number of para-hydroxylation sites is 1. The number of piperidine rings is 1. The Labute approximate surface area is 137 Å². The molecule has 1 aromatic carbocycles. The molecule has 1 fully saturated rings. The van der Waals surface area contributed by atoms with Gasteiger partial charge in [-0.25, -0.2) is 14.3 Å². The molecule has 1 aliphatic heterocycles. The lowest BCUT2D eigenvalue weighted by Crippen LogP contribution is -2.42. The molecular weight excluding hydrogens is 315 g/mol. The number of rotatable bonds is 5. The Hall–Kier alpha value is -2.64. The summed E-state index contributed by atoms with van der Waals surface area (Å²) in [6, 6.07) is 6.29. The first kappa shape index (κ1) is 16.2. The van der Waals surface area contributed by atoms with Crippen molar-refractivity contribution in [3.63, 3.8) is 0 Å². The van der Waals surface area contributed by atoms with E-state index in [0.717, 1.165) is 12.8 Å². The van der Waals surface area contributed by atoms with Crippen LogP contribution < -0.4 is 10.4 Å². The molecule has 0 bridgehead atoms. The number of halogens is 1. The van der Waals surface area contributed by atoms with Crippen LogP contribution >= 0.6 is 0 Å². The summed E-state index contributed by atoms with van der Waals surface area (Å²) in [5, 5.41) is 5.99. The molecule has 7 nitrogen and oxygen atoms in total. The van der Waals surface area contributed by atoms with Crippen molar-refractivity contribution < 1.29 is 13.9 Å². The first-order chi connectivity index (χ1) is 11.6. The third kappa shape index (κ3) is 4.01. The monoisotopic (exact) mass is 334 g/mol. The molecule has 0 aliphatic carbocycles. The number of likely N-dealkylation sites (tertiary alicyclic amines) is 1. The number of ether oxygens (including phenoxy) is 1. The summed E-state index contributed by atoms with van der Waals surface area (Å²) in [4.78, 5) is 27.5.